The van der Waals surface area contributed by atoms with Gasteiger partial charge in [0.2, 0.25) is 0 Å². The Bertz CT molecular complexity index is 181. The molecule has 0 aliphatic rings. The molecule has 0 radical (unpaired) electrons. The monoisotopic (exact) mass is 190 g/mol. The molecule has 0 bridgehead atoms. The molecule has 0 fully saturated rings. The molecule has 1 atom stereocenters. The van der Waals surface area contributed by atoms with Crippen LogP contribution in [0.5, 0.6) is 0 Å². The molecule has 3 nitrogen and oxygen atoms in total. The van der Waals surface area contributed by atoms with E-state index in [1.807, 2.05) is 6.92 Å². The summed E-state index contributed by atoms with van der Waals surface area (Å²) in [5.41, 5.74) is 0. The SMILES string of the molecule is CCCCC(C)S(=O)(=O)O.[H-].[Na+]. The average molecular weight is 190 g/mol. The van der Waals surface area contributed by atoms with Gasteiger partial charge < -0.3 is 1.43 Å². The van der Waals surface area contributed by atoms with E-state index < -0.39 is 15.4 Å². The summed E-state index contributed by atoms with van der Waals surface area (Å²) in [7, 11) is -3.78. The molecule has 0 saturated carbocycles. The van der Waals surface area contributed by atoms with Crippen molar-refractivity contribution in [3.63, 3.8) is 0 Å². The number of rotatable bonds is 4. The largest absolute Gasteiger partial charge is 1.00 e. The second-order valence-electron chi connectivity index (χ2n) is 2.47. The molecular weight excluding hydrogens is 175 g/mol. The smallest absolute Gasteiger partial charge is 1.00 e. The maximum absolute atomic E-state index is 10.4. The zero-order valence-corrected chi connectivity index (χ0v) is 10.2. The molecule has 0 aliphatic heterocycles. The van der Waals surface area contributed by atoms with E-state index in [4.69, 9.17) is 4.55 Å². The van der Waals surface area contributed by atoms with Crippen molar-refractivity contribution in [1.29, 1.82) is 0 Å². The van der Waals surface area contributed by atoms with Crippen molar-refractivity contribution in [2.24, 2.45) is 0 Å². The number of hydrogen-bond donors (Lipinski definition) is 1. The van der Waals surface area contributed by atoms with E-state index in [1.54, 1.807) is 0 Å². The summed E-state index contributed by atoms with van der Waals surface area (Å²) < 4.78 is 29.3. The maximum Gasteiger partial charge on any atom is 1.00 e. The summed E-state index contributed by atoms with van der Waals surface area (Å²) in [6, 6.07) is 0. The van der Waals surface area contributed by atoms with Crippen LogP contribution in [-0.4, -0.2) is 18.2 Å². The summed E-state index contributed by atoms with van der Waals surface area (Å²) in [6.45, 7) is 3.50. The van der Waals surface area contributed by atoms with Crippen LogP contribution < -0.4 is 29.6 Å². The van der Waals surface area contributed by atoms with Crippen LogP contribution in [-0.2, 0) is 10.1 Å². The number of unbranched alkanes of at least 4 members (excludes halogenated alkanes) is 1. The minimum atomic E-state index is -3.78. The summed E-state index contributed by atoms with van der Waals surface area (Å²) in [6.07, 6.45) is 2.36. The first-order valence-electron chi connectivity index (χ1n) is 3.44. The van der Waals surface area contributed by atoms with Gasteiger partial charge in [-0.3, -0.25) is 4.55 Å². The Hall–Kier alpha value is 0.910. The van der Waals surface area contributed by atoms with Gasteiger partial charge in [-0.1, -0.05) is 19.8 Å². The first kappa shape index (κ1) is 14.4. The van der Waals surface area contributed by atoms with E-state index in [-0.39, 0.29) is 31.0 Å². The normalized spacial score (nSPS) is 13.7. The van der Waals surface area contributed by atoms with Crippen LogP contribution in [0.1, 0.15) is 34.5 Å². The van der Waals surface area contributed by atoms with Gasteiger partial charge in [0, 0.05) is 0 Å². The summed E-state index contributed by atoms with van der Waals surface area (Å²) in [5.74, 6) is 0. The van der Waals surface area contributed by atoms with E-state index in [0.717, 1.165) is 12.8 Å². The topological polar surface area (TPSA) is 54.4 Å². The van der Waals surface area contributed by atoms with Crippen LogP contribution in [0.25, 0.3) is 0 Å². The molecule has 0 amide bonds. The van der Waals surface area contributed by atoms with Gasteiger partial charge >= 0.3 is 29.6 Å². The van der Waals surface area contributed by atoms with E-state index in [0.29, 0.717) is 6.42 Å². The third-order valence-corrected chi connectivity index (χ3v) is 2.73. The summed E-state index contributed by atoms with van der Waals surface area (Å²) in [4.78, 5) is 0. The molecule has 0 spiro atoms. The van der Waals surface area contributed by atoms with Crippen LogP contribution >= 0.6 is 0 Å². The van der Waals surface area contributed by atoms with Crippen LogP contribution in [0, 0.1) is 0 Å². The molecule has 0 saturated heterocycles. The molecule has 0 aromatic carbocycles. The van der Waals surface area contributed by atoms with Crippen LogP contribution in [0.2, 0.25) is 0 Å². The molecule has 0 heterocycles. The standard InChI is InChI=1S/C6H14O3S.Na.H/c1-3-4-5-6(2)10(7,8)9;;/h6H,3-5H2,1-2H3,(H,7,8,9);;/q;+1;-1. The average Bonchev–Trinajstić information content (AvgIpc) is 1.80. The Balaban J connectivity index is -0.000000405. The maximum atomic E-state index is 10.4. The van der Waals surface area contributed by atoms with E-state index in [2.05, 4.69) is 0 Å². The van der Waals surface area contributed by atoms with Crippen molar-refractivity contribution in [2.75, 3.05) is 0 Å². The Morgan fingerprint density at radius 1 is 1.55 bits per heavy atom. The minimum Gasteiger partial charge on any atom is -1.00 e. The van der Waals surface area contributed by atoms with Gasteiger partial charge in [0.25, 0.3) is 10.1 Å². The minimum absolute atomic E-state index is 0. The molecule has 1 unspecified atom stereocenters. The fourth-order valence-corrected chi connectivity index (χ4v) is 1.11. The molecule has 0 aromatic heterocycles. The quantitative estimate of drug-likeness (QED) is 0.437. The third-order valence-electron chi connectivity index (χ3n) is 1.47. The van der Waals surface area contributed by atoms with Gasteiger partial charge in [0.1, 0.15) is 0 Å². The fourth-order valence-electron chi connectivity index (χ4n) is 0.641. The van der Waals surface area contributed by atoms with Crippen molar-refractivity contribution in [2.45, 2.75) is 38.4 Å². The molecule has 0 aromatic rings. The van der Waals surface area contributed by atoms with Crippen molar-refractivity contribution in [3.05, 3.63) is 0 Å². The Morgan fingerprint density at radius 2 is 2.00 bits per heavy atom. The Labute approximate surface area is 92.1 Å². The van der Waals surface area contributed by atoms with E-state index in [9.17, 15) is 8.42 Å². The first-order valence-corrected chi connectivity index (χ1v) is 4.95. The van der Waals surface area contributed by atoms with Gasteiger partial charge in [-0.15, -0.1) is 0 Å². The Morgan fingerprint density at radius 3 is 2.27 bits per heavy atom. The summed E-state index contributed by atoms with van der Waals surface area (Å²) in [5, 5.41) is -0.604. The van der Waals surface area contributed by atoms with E-state index in [1.165, 1.54) is 6.92 Å². The van der Waals surface area contributed by atoms with Crippen LogP contribution in [0.15, 0.2) is 0 Å². The Kier molecular flexibility index (Phi) is 8.44. The second kappa shape index (κ2) is 6.43. The van der Waals surface area contributed by atoms with Crippen molar-refractivity contribution in [1.82, 2.24) is 0 Å². The van der Waals surface area contributed by atoms with Gasteiger partial charge in [-0.2, -0.15) is 8.42 Å². The first-order chi connectivity index (χ1) is 4.48. The summed E-state index contributed by atoms with van der Waals surface area (Å²) >= 11 is 0. The molecule has 1 N–H and O–H groups in total. The molecule has 64 valence electrons. The van der Waals surface area contributed by atoms with Gasteiger partial charge in [-0.05, 0) is 13.3 Å². The molecular formula is C6H15NaO3S. The molecule has 0 rings (SSSR count). The van der Waals surface area contributed by atoms with Crippen molar-refractivity contribution >= 4 is 10.1 Å². The van der Waals surface area contributed by atoms with Crippen molar-refractivity contribution < 1.29 is 44.0 Å². The third kappa shape index (κ3) is 7.28. The second-order valence-corrected chi connectivity index (χ2v) is 4.30. The zero-order valence-electron chi connectivity index (χ0n) is 8.37. The zero-order chi connectivity index (χ0) is 8.20. The molecule has 5 heteroatoms. The molecule has 0 aliphatic carbocycles. The van der Waals surface area contributed by atoms with Gasteiger partial charge in [0.05, 0.1) is 5.25 Å². The van der Waals surface area contributed by atoms with E-state index >= 15 is 0 Å². The van der Waals surface area contributed by atoms with Gasteiger partial charge in [0.15, 0.2) is 0 Å². The fraction of sp³-hybridized carbons (Fsp3) is 1.00. The predicted molar refractivity (Wildman–Crippen MR) is 41.6 cm³/mol. The van der Waals surface area contributed by atoms with Crippen LogP contribution in [0.4, 0.5) is 0 Å². The van der Waals surface area contributed by atoms with Crippen LogP contribution in [0.3, 0.4) is 0 Å². The predicted octanol–water partition coefficient (Wildman–Crippen LogP) is -1.43. The number of hydrogen-bond acceptors (Lipinski definition) is 2. The molecule has 11 heavy (non-hydrogen) atoms. The van der Waals surface area contributed by atoms with Crippen molar-refractivity contribution in [3.8, 4) is 0 Å². The van der Waals surface area contributed by atoms with Gasteiger partial charge in [-0.25, -0.2) is 0 Å².